The lowest BCUT2D eigenvalue weighted by atomic mass is 9.66. The molecule has 0 bridgehead atoms. The lowest BCUT2D eigenvalue weighted by molar-refractivity contribution is 0.0975. The number of Topliss-reactive ketones (excluding diaryl/α,β-unsaturated/α-hetero) is 1. The second-order valence-electron chi connectivity index (χ2n) is 5.90. The van der Waals surface area contributed by atoms with E-state index in [1.807, 2.05) is 19.1 Å². The molecule has 0 aliphatic heterocycles. The molecular formula is C18H21BO4. The van der Waals surface area contributed by atoms with E-state index in [0.29, 0.717) is 11.1 Å². The van der Waals surface area contributed by atoms with Gasteiger partial charge in [-0.1, -0.05) is 42.5 Å². The van der Waals surface area contributed by atoms with E-state index in [4.69, 9.17) is 0 Å². The quantitative estimate of drug-likeness (QED) is 0.566. The van der Waals surface area contributed by atoms with Crippen molar-refractivity contribution in [3.05, 3.63) is 64.7 Å². The average Bonchev–Trinajstić information content (AvgIpc) is 2.51. The van der Waals surface area contributed by atoms with Gasteiger partial charge < -0.3 is 15.2 Å². The van der Waals surface area contributed by atoms with Crippen molar-refractivity contribution in [1.82, 2.24) is 0 Å². The summed E-state index contributed by atoms with van der Waals surface area (Å²) in [4.78, 5) is 12.4. The predicted octanol–water partition coefficient (Wildman–Crippen LogP) is 2.67. The highest BCUT2D eigenvalue weighted by molar-refractivity contribution is 6.43. The van der Waals surface area contributed by atoms with Gasteiger partial charge in [0.05, 0.1) is 0 Å². The van der Waals surface area contributed by atoms with E-state index in [-0.39, 0.29) is 24.4 Å². The molecule has 120 valence electrons. The zero-order valence-corrected chi connectivity index (χ0v) is 13.4. The van der Waals surface area contributed by atoms with Gasteiger partial charge in [0.25, 0.3) is 0 Å². The maximum atomic E-state index is 12.4. The van der Waals surface area contributed by atoms with Crippen LogP contribution in [0.4, 0.5) is 0 Å². The van der Waals surface area contributed by atoms with Gasteiger partial charge in [-0.05, 0) is 37.0 Å². The maximum Gasteiger partial charge on any atom is 0.455 e. The molecule has 2 aromatic rings. The lowest BCUT2D eigenvalue weighted by Gasteiger charge is -2.17. The normalized spacial score (nSPS) is 12.0. The fourth-order valence-corrected chi connectivity index (χ4v) is 2.68. The minimum Gasteiger partial charge on any atom is -0.507 e. The Morgan fingerprint density at radius 1 is 1.04 bits per heavy atom. The SMILES string of the molecule is Cc1ccccc1C(=O)CC(Cc1cccc(C)c1O)B(O)O. The molecule has 0 radical (unpaired) electrons. The molecule has 0 fully saturated rings. The van der Waals surface area contributed by atoms with Gasteiger partial charge in [-0.3, -0.25) is 4.79 Å². The third-order valence-electron chi connectivity index (χ3n) is 4.12. The molecule has 2 rings (SSSR count). The second-order valence-corrected chi connectivity index (χ2v) is 5.90. The van der Waals surface area contributed by atoms with Crippen LogP contribution in [0.1, 0.15) is 33.5 Å². The molecule has 2 aromatic carbocycles. The van der Waals surface area contributed by atoms with Crippen molar-refractivity contribution >= 4 is 12.9 Å². The maximum absolute atomic E-state index is 12.4. The first-order valence-electron chi connectivity index (χ1n) is 7.62. The molecule has 0 aliphatic rings. The van der Waals surface area contributed by atoms with Gasteiger partial charge in [-0.2, -0.15) is 0 Å². The molecule has 1 atom stereocenters. The van der Waals surface area contributed by atoms with E-state index < -0.39 is 12.9 Å². The molecule has 1 unspecified atom stereocenters. The number of para-hydroxylation sites is 1. The third kappa shape index (κ3) is 4.21. The first-order chi connectivity index (χ1) is 10.9. The second kappa shape index (κ2) is 7.44. The van der Waals surface area contributed by atoms with Gasteiger partial charge in [0.15, 0.2) is 5.78 Å². The van der Waals surface area contributed by atoms with Crippen LogP contribution in [0, 0.1) is 13.8 Å². The summed E-state index contributed by atoms with van der Waals surface area (Å²) in [5, 5.41) is 29.3. The molecule has 0 aliphatic carbocycles. The van der Waals surface area contributed by atoms with Gasteiger partial charge in [-0.15, -0.1) is 0 Å². The third-order valence-corrected chi connectivity index (χ3v) is 4.12. The Bertz CT molecular complexity index is 697. The van der Waals surface area contributed by atoms with E-state index in [1.54, 1.807) is 37.3 Å². The highest BCUT2D eigenvalue weighted by atomic mass is 16.4. The number of carbonyl (C=O) groups is 1. The number of hydrogen-bond donors (Lipinski definition) is 3. The van der Waals surface area contributed by atoms with Crippen molar-refractivity contribution in [3.63, 3.8) is 0 Å². The molecule has 0 heterocycles. The fourth-order valence-electron chi connectivity index (χ4n) is 2.68. The molecule has 3 N–H and O–H groups in total. The minimum atomic E-state index is -1.62. The van der Waals surface area contributed by atoms with Crippen molar-refractivity contribution < 1.29 is 19.9 Å². The lowest BCUT2D eigenvalue weighted by Crippen LogP contribution is -2.25. The molecule has 0 aromatic heterocycles. The molecule has 0 saturated carbocycles. The van der Waals surface area contributed by atoms with E-state index in [1.165, 1.54) is 0 Å². The van der Waals surface area contributed by atoms with Crippen molar-refractivity contribution in [1.29, 1.82) is 0 Å². The number of phenolic OH excluding ortho intramolecular Hbond substituents is 1. The Kier molecular flexibility index (Phi) is 5.58. The largest absolute Gasteiger partial charge is 0.507 e. The summed E-state index contributed by atoms with van der Waals surface area (Å²) >= 11 is 0. The van der Waals surface area contributed by atoms with Crippen molar-refractivity contribution in [3.8, 4) is 5.75 Å². The van der Waals surface area contributed by atoms with Crippen LogP contribution in [0.15, 0.2) is 42.5 Å². The van der Waals surface area contributed by atoms with Gasteiger partial charge in [0.2, 0.25) is 0 Å². The summed E-state index contributed by atoms with van der Waals surface area (Å²) in [5.41, 5.74) is 2.79. The van der Waals surface area contributed by atoms with Crippen LogP contribution < -0.4 is 0 Å². The van der Waals surface area contributed by atoms with Crippen LogP contribution in [-0.2, 0) is 6.42 Å². The fraction of sp³-hybridized carbons (Fsp3) is 0.278. The molecular weight excluding hydrogens is 291 g/mol. The highest BCUT2D eigenvalue weighted by Crippen LogP contribution is 2.29. The Morgan fingerprint density at radius 2 is 1.70 bits per heavy atom. The molecule has 0 spiro atoms. The summed E-state index contributed by atoms with van der Waals surface area (Å²) in [6.45, 7) is 3.63. The number of carbonyl (C=O) groups excluding carboxylic acids is 1. The van der Waals surface area contributed by atoms with Crippen molar-refractivity contribution in [2.75, 3.05) is 0 Å². The van der Waals surface area contributed by atoms with Crippen LogP contribution in [0.5, 0.6) is 5.75 Å². The molecule has 4 nitrogen and oxygen atoms in total. The van der Waals surface area contributed by atoms with Crippen molar-refractivity contribution in [2.24, 2.45) is 0 Å². The number of aromatic hydroxyl groups is 1. The summed E-state index contributed by atoms with van der Waals surface area (Å²) in [6, 6.07) is 12.5. The van der Waals surface area contributed by atoms with E-state index in [9.17, 15) is 19.9 Å². The first kappa shape index (κ1) is 17.3. The Morgan fingerprint density at radius 3 is 2.35 bits per heavy atom. The summed E-state index contributed by atoms with van der Waals surface area (Å²) in [6.07, 6.45) is 0.235. The number of ketones is 1. The minimum absolute atomic E-state index is 0.00982. The van der Waals surface area contributed by atoms with Crippen molar-refractivity contribution in [2.45, 2.75) is 32.5 Å². The number of rotatable bonds is 6. The number of phenols is 1. The smallest absolute Gasteiger partial charge is 0.455 e. The van der Waals surface area contributed by atoms with Gasteiger partial charge in [0, 0.05) is 17.8 Å². The van der Waals surface area contributed by atoms with E-state index >= 15 is 0 Å². The number of hydrogen-bond acceptors (Lipinski definition) is 4. The van der Waals surface area contributed by atoms with Crippen LogP contribution in [-0.4, -0.2) is 28.1 Å². The van der Waals surface area contributed by atoms with Gasteiger partial charge in [-0.25, -0.2) is 0 Å². The Hall–Kier alpha value is -2.11. The number of benzene rings is 2. The van der Waals surface area contributed by atoms with Gasteiger partial charge in [0.1, 0.15) is 5.75 Å². The predicted molar refractivity (Wildman–Crippen MR) is 90.6 cm³/mol. The van der Waals surface area contributed by atoms with Gasteiger partial charge >= 0.3 is 7.12 Å². The molecule has 0 amide bonds. The topological polar surface area (TPSA) is 77.8 Å². The van der Waals surface area contributed by atoms with E-state index in [0.717, 1.165) is 11.1 Å². The zero-order chi connectivity index (χ0) is 17.0. The number of aryl methyl sites for hydroxylation is 2. The van der Waals surface area contributed by atoms with Crippen LogP contribution in [0.25, 0.3) is 0 Å². The summed E-state index contributed by atoms with van der Waals surface area (Å²) in [5.74, 6) is -0.662. The monoisotopic (exact) mass is 312 g/mol. The average molecular weight is 312 g/mol. The van der Waals surface area contributed by atoms with E-state index in [2.05, 4.69) is 0 Å². The zero-order valence-electron chi connectivity index (χ0n) is 13.4. The van der Waals surface area contributed by atoms with Crippen LogP contribution in [0.2, 0.25) is 5.82 Å². The molecule has 23 heavy (non-hydrogen) atoms. The van der Waals surface area contributed by atoms with Crippen LogP contribution in [0.3, 0.4) is 0 Å². The summed E-state index contributed by atoms with van der Waals surface area (Å²) in [7, 11) is -1.62. The molecule has 0 saturated heterocycles. The highest BCUT2D eigenvalue weighted by Gasteiger charge is 2.28. The standard InChI is InChI=1S/C18H21BO4/c1-12-6-3-4-9-16(12)17(20)11-15(19(22)23)10-14-8-5-7-13(2)18(14)21/h3-9,15,21-23H,10-11H2,1-2H3. The Balaban J connectivity index is 2.18. The molecule has 5 heteroatoms. The first-order valence-corrected chi connectivity index (χ1v) is 7.62. The Labute approximate surface area is 136 Å². The van der Waals surface area contributed by atoms with Crippen LogP contribution >= 0.6 is 0 Å². The summed E-state index contributed by atoms with van der Waals surface area (Å²) < 4.78 is 0.